The van der Waals surface area contributed by atoms with Crippen LogP contribution in [0.3, 0.4) is 0 Å². The third-order valence-electron chi connectivity index (χ3n) is 9.26. The lowest BCUT2D eigenvalue weighted by atomic mass is 9.75. The number of fused-ring (bicyclic) bond motifs is 1. The van der Waals surface area contributed by atoms with E-state index in [1.54, 1.807) is 0 Å². The summed E-state index contributed by atoms with van der Waals surface area (Å²) in [7, 11) is 0. The number of ether oxygens (including phenoxy) is 1. The van der Waals surface area contributed by atoms with Crippen LogP contribution in [-0.4, -0.2) is 45.5 Å². The Morgan fingerprint density at radius 1 is 0.822 bits per heavy atom. The highest BCUT2D eigenvalue weighted by molar-refractivity contribution is 5.92. The van der Waals surface area contributed by atoms with Gasteiger partial charge < -0.3 is 15.2 Å². The molecule has 2 aliphatic carbocycles. The van der Waals surface area contributed by atoms with Crippen molar-refractivity contribution < 1.29 is 24.2 Å². The zero-order chi connectivity index (χ0) is 32.1. The Morgan fingerprint density at radius 3 is 1.78 bits per heavy atom. The van der Waals surface area contributed by atoms with Crippen molar-refractivity contribution in [2.75, 3.05) is 6.54 Å². The number of amides is 1. The van der Waals surface area contributed by atoms with Crippen LogP contribution in [0, 0.1) is 11.3 Å². The summed E-state index contributed by atoms with van der Waals surface area (Å²) < 4.78 is 5.98. The maximum Gasteiger partial charge on any atom is 0.330 e. The van der Waals surface area contributed by atoms with Crippen LogP contribution in [0.5, 0.6) is 0 Å². The zero-order valence-corrected chi connectivity index (χ0v) is 26.8. The van der Waals surface area contributed by atoms with Crippen LogP contribution in [-0.2, 0) is 45.1 Å². The highest BCUT2D eigenvalue weighted by Crippen LogP contribution is 2.45. The molecule has 3 aromatic rings. The van der Waals surface area contributed by atoms with Gasteiger partial charge in [0, 0.05) is 32.5 Å². The first-order valence-electron chi connectivity index (χ1n) is 16.1. The first kappa shape index (κ1) is 32.4. The molecule has 7 nitrogen and oxygen atoms in total. The number of benzene rings is 3. The number of aliphatic carboxylic acids is 1. The Morgan fingerprint density at radius 2 is 1.31 bits per heavy atom. The normalized spacial score (nSPS) is 17.4. The predicted molar refractivity (Wildman–Crippen MR) is 174 cm³/mol. The third-order valence-corrected chi connectivity index (χ3v) is 9.26. The SMILES string of the molecule is CC(C)(C)OC(=O)[C@@H](CN(Cc1ccccc1)Cc1ccccc1)CC1(C(=O)NC2(C(=O)O)Cc3ccccc3C2)CCCC1. The first-order chi connectivity index (χ1) is 21.5. The van der Waals surface area contributed by atoms with Gasteiger partial charge >= 0.3 is 11.9 Å². The summed E-state index contributed by atoms with van der Waals surface area (Å²) in [4.78, 5) is 43.3. The van der Waals surface area contributed by atoms with Gasteiger partial charge in [0.1, 0.15) is 11.1 Å². The molecule has 0 unspecified atom stereocenters. The topological polar surface area (TPSA) is 95.9 Å². The number of rotatable bonds is 12. The minimum absolute atomic E-state index is 0.248. The van der Waals surface area contributed by atoms with Crippen LogP contribution in [0.4, 0.5) is 0 Å². The molecule has 1 fully saturated rings. The lowest BCUT2D eigenvalue weighted by molar-refractivity contribution is -0.163. The molecule has 45 heavy (non-hydrogen) atoms. The summed E-state index contributed by atoms with van der Waals surface area (Å²) >= 11 is 0. The number of nitrogens with one attached hydrogen (secondary N) is 1. The minimum Gasteiger partial charge on any atom is -0.479 e. The van der Waals surface area contributed by atoms with Gasteiger partial charge in [0.15, 0.2) is 0 Å². The summed E-state index contributed by atoms with van der Waals surface area (Å²) in [5.74, 6) is -2.20. The molecule has 5 rings (SSSR count). The van der Waals surface area contributed by atoms with Crippen molar-refractivity contribution in [1.29, 1.82) is 0 Å². The number of esters is 1. The Kier molecular flexibility index (Phi) is 9.78. The lowest BCUT2D eigenvalue weighted by Crippen LogP contribution is -2.59. The molecular weight excluding hydrogens is 564 g/mol. The van der Waals surface area contributed by atoms with Crippen molar-refractivity contribution in [3.05, 3.63) is 107 Å². The second-order valence-electron chi connectivity index (χ2n) is 14.0. The van der Waals surface area contributed by atoms with E-state index in [4.69, 9.17) is 4.74 Å². The fraction of sp³-hybridized carbons (Fsp3) is 0.447. The summed E-state index contributed by atoms with van der Waals surface area (Å²) in [5, 5.41) is 13.5. The molecule has 0 spiro atoms. The fourth-order valence-electron chi connectivity index (χ4n) is 7.09. The summed E-state index contributed by atoms with van der Waals surface area (Å²) in [5.41, 5.74) is 1.22. The van der Waals surface area contributed by atoms with Crippen molar-refractivity contribution in [3.8, 4) is 0 Å². The summed E-state index contributed by atoms with van der Waals surface area (Å²) in [6, 6.07) is 28.0. The van der Waals surface area contributed by atoms with E-state index in [-0.39, 0.29) is 24.7 Å². The highest BCUT2D eigenvalue weighted by Gasteiger charge is 2.51. The van der Waals surface area contributed by atoms with Gasteiger partial charge in [-0.15, -0.1) is 0 Å². The van der Waals surface area contributed by atoms with E-state index in [0.29, 0.717) is 38.9 Å². The molecule has 0 radical (unpaired) electrons. The number of hydrogen-bond donors (Lipinski definition) is 2. The van der Waals surface area contributed by atoms with E-state index in [2.05, 4.69) is 34.5 Å². The standard InChI is InChI=1S/C38H46N2O5/c1-36(2,3)45-33(41)32(27-40(25-28-14-6-4-7-15-28)26-29-16-8-5-9-17-29)22-37(20-12-13-21-37)34(42)39-38(35(43)44)23-30-18-10-11-19-31(30)24-38/h4-11,14-19,32H,12-13,20-27H2,1-3H3,(H,39,42)(H,43,44)/t32-/m1/s1. The highest BCUT2D eigenvalue weighted by atomic mass is 16.6. The lowest BCUT2D eigenvalue weighted by Gasteiger charge is -2.37. The second-order valence-corrected chi connectivity index (χ2v) is 14.0. The molecule has 2 N–H and O–H groups in total. The molecule has 2 aliphatic rings. The molecule has 0 aliphatic heterocycles. The monoisotopic (exact) mass is 610 g/mol. The second kappa shape index (κ2) is 13.6. The Labute approximate surface area is 267 Å². The number of carbonyl (C=O) groups is 3. The van der Waals surface area contributed by atoms with Gasteiger partial charge in [0.05, 0.1) is 11.3 Å². The van der Waals surface area contributed by atoms with E-state index in [1.807, 2.05) is 81.4 Å². The maximum absolute atomic E-state index is 14.4. The van der Waals surface area contributed by atoms with Crippen LogP contribution in [0.1, 0.15) is 75.1 Å². The minimum atomic E-state index is -1.40. The molecular formula is C38H46N2O5. The number of hydrogen-bond acceptors (Lipinski definition) is 5. The van der Waals surface area contributed by atoms with Crippen molar-refractivity contribution >= 4 is 17.8 Å². The summed E-state index contributed by atoms with van der Waals surface area (Å²) in [6.45, 7) is 7.26. The van der Waals surface area contributed by atoms with E-state index in [1.165, 1.54) is 0 Å². The van der Waals surface area contributed by atoms with Gasteiger partial charge in [-0.2, -0.15) is 0 Å². The van der Waals surface area contributed by atoms with Gasteiger partial charge in [-0.1, -0.05) is 97.8 Å². The molecule has 0 heterocycles. The predicted octanol–water partition coefficient (Wildman–Crippen LogP) is 6.34. The van der Waals surface area contributed by atoms with Crippen molar-refractivity contribution in [2.45, 2.75) is 89.9 Å². The van der Waals surface area contributed by atoms with Crippen LogP contribution in [0.15, 0.2) is 84.9 Å². The van der Waals surface area contributed by atoms with Gasteiger partial charge in [-0.25, -0.2) is 4.79 Å². The van der Waals surface area contributed by atoms with Crippen LogP contribution in [0.25, 0.3) is 0 Å². The molecule has 0 bridgehead atoms. The molecule has 3 aromatic carbocycles. The molecule has 1 saturated carbocycles. The molecule has 0 aromatic heterocycles. The summed E-state index contributed by atoms with van der Waals surface area (Å²) in [6.07, 6.45) is 3.72. The number of nitrogens with zero attached hydrogens (tertiary/aromatic N) is 1. The third kappa shape index (κ3) is 8.01. The van der Waals surface area contributed by atoms with Crippen molar-refractivity contribution in [2.24, 2.45) is 11.3 Å². The van der Waals surface area contributed by atoms with E-state index in [9.17, 15) is 19.5 Å². The van der Waals surface area contributed by atoms with Crippen LogP contribution in [0.2, 0.25) is 0 Å². The van der Waals surface area contributed by atoms with E-state index >= 15 is 0 Å². The van der Waals surface area contributed by atoms with Gasteiger partial charge in [-0.05, 0) is 62.3 Å². The van der Waals surface area contributed by atoms with Gasteiger partial charge in [0.2, 0.25) is 5.91 Å². The first-order valence-corrected chi connectivity index (χ1v) is 16.1. The maximum atomic E-state index is 14.4. The largest absolute Gasteiger partial charge is 0.479 e. The number of carboxylic acid groups (broad SMARTS) is 1. The molecule has 238 valence electrons. The molecule has 1 amide bonds. The average molecular weight is 611 g/mol. The molecule has 1 atom stereocenters. The quantitative estimate of drug-likeness (QED) is 0.233. The van der Waals surface area contributed by atoms with Crippen molar-refractivity contribution in [3.63, 3.8) is 0 Å². The smallest absolute Gasteiger partial charge is 0.330 e. The zero-order valence-electron chi connectivity index (χ0n) is 26.8. The van der Waals surface area contributed by atoms with Gasteiger partial charge in [-0.3, -0.25) is 14.5 Å². The number of carboxylic acids is 1. The molecule has 0 saturated heterocycles. The van der Waals surface area contributed by atoms with Crippen LogP contribution >= 0.6 is 0 Å². The Hall–Kier alpha value is -3.97. The van der Waals surface area contributed by atoms with Crippen molar-refractivity contribution in [1.82, 2.24) is 10.2 Å². The number of carbonyl (C=O) groups excluding carboxylic acids is 2. The van der Waals surface area contributed by atoms with E-state index in [0.717, 1.165) is 35.1 Å². The van der Waals surface area contributed by atoms with Gasteiger partial charge in [0.25, 0.3) is 0 Å². The van der Waals surface area contributed by atoms with Crippen LogP contribution < -0.4 is 5.32 Å². The Balaban J connectivity index is 1.43. The molecule has 7 heteroatoms. The van der Waals surface area contributed by atoms with E-state index < -0.39 is 28.4 Å². The fourth-order valence-corrected chi connectivity index (χ4v) is 7.09. The average Bonchev–Trinajstić information content (AvgIpc) is 3.63. The Bertz CT molecular complexity index is 1410.